The molecule has 0 saturated carbocycles. The maximum Gasteiger partial charge on any atom is 0.224 e. The van der Waals surface area contributed by atoms with Crippen LogP contribution in [-0.4, -0.2) is 28.6 Å². The summed E-state index contributed by atoms with van der Waals surface area (Å²) in [7, 11) is 0. The van der Waals surface area contributed by atoms with E-state index in [4.69, 9.17) is 0 Å². The van der Waals surface area contributed by atoms with Crippen LogP contribution in [-0.2, 0) is 17.8 Å². The number of benzene rings is 1. The zero-order valence-corrected chi connectivity index (χ0v) is 14.4. The topological polar surface area (TPSA) is 93.6 Å². The normalized spacial score (nSPS) is 19.4. The average Bonchev–Trinajstić information content (AvgIpc) is 2.99. The third kappa shape index (κ3) is 3.84. The Balaban J connectivity index is 1.71. The molecule has 3 rings (SSSR count). The molecule has 122 valence electrons. The van der Waals surface area contributed by atoms with Gasteiger partial charge in [-0.05, 0) is 40.1 Å². The number of rotatable bonds is 4. The molecule has 1 aliphatic heterocycles. The van der Waals surface area contributed by atoms with E-state index in [0.29, 0.717) is 24.3 Å². The largest absolute Gasteiger partial charge is 0.369 e. The Morgan fingerprint density at radius 1 is 1.30 bits per heavy atom. The monoisotopic (exact) mass is 397 g/mol. The third-order valence-corrected chi connectivity index (χ3v) is 4.69. The van der Waals surface area contributed by atoms with Crippen molar-refractivity contribution in [1.29, 1.82) is 0 Å². The molecule has 23 heavy (non-hydrogen) atoms. The summed E-state index contributed by atoms with van der Waals surface area (Å²) in [5.41, 5.74) is 3.13. The van der Waals surface area contributed by atoms with Crippen LogP contribution in [0.4, 0.5) is 11.4 Å². The molecule has 1 amide bonds. The van der Waals surface area contributed by atoms with Gasteiger partial charge < -0.3 is 26.2 Å². The fourth-order valence-corrected chi connectivity index (χ4v) is 3.56. The fourth-order valence-electron chi connectivity index (χ4n) is 2.39. The van der Waals surface area contributed by atoms with Crippen LogP contribution in [0.2, 0.25) is 0 Å². The lowest BCUT2D eigenvalue weighted by Gasteiger charge is -2.31. The van der Waals surface area contributed by atoms with Crippen LogP contribution in [0.3, 0.4) is 0 Å². The Morgan fingerprint density at radius 3 is 2.83 bits per heavy atom. The van der Waals surface area contributed by atoms with Crippen molar-refractivity contribution in [2.75, 3.05) is 10.6 Å². The molecule has 2 heterocycles. The van der Waals surface area contributed by atoms with Crippen molar-refractivity contribution < 1.29 is 15.0 Å². The van der Waals surface area contributed by atoms with Crippen LogP contribution in [0.1, 0.15) is 11.1 Å². The van der Waals surface area contributed by atoms with Gasteiger partial charge in [0.2, 0.25) is 5.91 Å². The van der Waals surface area contributed by atoms with Gasteiger partial charge in [-0.1, -0.05) is 15.9 Å². The number of carbonyl (C=O) groups is 1. The van der Waals surface area contributed by atoms with Crippen molar-refractivity contribution in [1.82, 2.24) is 5.32 Å². The first kappa shape index (κ1) is 16.3. The predicted molar refractivity (Wildman–Crippen MR) is 93.3 cm³/mol. The second-order valence-corrected chi connectivity index (χ2v) is 6.95. The molecular weight excluding hydrogens is 382 g/mol. The van der Waals surface area contributed by atoms with E-state index in [1.165, 1.54) is 0 Å². The van der Waals surface area contributed by atoms with E-state index >= 15 is 0 Å². The molecule has 1 aromatic heterocycles. The Labute approximate surface area is 145 Å². The van der Waals surface area contributed by atoms with E-state index in [2.05, 4.69) is 31.9 Å². The lowest BCUT2D eigenvalue weighted by atomic mass is 10.1. The van der Waals surface area contributed by atoms with Crippen LogP contribution in [0.25, 0.3) is 0 Å². The van der Waals surface area contributed by atoms with Gasteiger partial charge in [-0.3, -0.25) is 4.79 Å². The number of fused-ring (bicyclic) bond motifs is 1. The molecule has 0 fully saturated rings. The Bertz CT molecular complexity index is 708. The van der Waals surface area contributed by atoms with Crippen molar-refractivity contribution in [3.05, 3.63) is 44.6 Å². The maximum atomic E-state index is 12.0. The van der Waals surface area contributed by atoms with E-state index in [1.807, 2.05) is 22.9 Å². The fraction of sp³-hybridized carbons (Fsp3) is 0.267. The standard InChI is InChI=1S/C15H16BrN3O3S/c16-10-4-9(6-17-12(20)3-8-1-2-23-7-8)13-11(5-10)18-14(21)15(22)19-13/h1-2,4-5,7,14-15,18-19,21-22H,3,6H2,(H,17,20). The summed E-state index contributed by atoms with van der Waals surface area (Å²) in [6.07, 6.45) is -1.85. The van der Waals surface area contributed by atoms with E-state index < -0.39 is 12.5 Å². The number of halogens is 1. The van der Waals surface area contributed by atoms with Gasteiger partial charge in [0.15, 0.2) is 12.5 Å². The van der Waals surface area contributed by atoms with E-state index in [1.54, 1.807) is 17.4 Å². The van der Waals surface area contributed by atoms with Crippen LogP contribution in [0.5, 0.6) is 0 Å². The van der Waals surface area contributed by atoms with Gasteiger partial charge in [-0.2, -0.15) is 11.3 Å². The average molecular weight is 398 g/mol. The number of amides is 1. The van der Waals surface area contributed by atoms with Gasteiger partial charge in [0.25, 0.3) is 0 Å². The van der Waals surface area contributed by atoms with Crippen LogP contribution >= 0.6 is 27.3 Å². The SMILES string of the molecule is O=C(Cc1ccsc1)NCc1cc(Br)cc2c1NC(O)C(O)N2. The molecule has 6 nitrogen and oxygen atoms in total. The molecule has 0 aliphatic carbocycles. The van der Waals surface area contributed by atoms with E-state index in [-0.39, 0.29) is 5.91 Å². The minimum atomic E-state index is -1.11. The molecule has 2 aromatic rings. The number of aliphatic hydroxyl groups excluding tert-OH is 2. The first-order chi connectivity index (χ1) is 11.0. The summed E-state index contributed by atoms with van der Waals surface area (Å²) in [5.74, 6) is -0.0681. The van der Waals surface area contributed by atoms with Gasteiger partial charge in [0.1, 0.15) is 0 Å². The number of nitrogens with one attached hydrogen (secondary N) is 3. The molecule has 0 spiro atoms. The highest BCUT2D eigenvalue weighted by molar-refractivity contribution is 9.10. The number of carbonyl (C=O) groups excluding carboxylic acids is 1. The summed E-state index contributed by atoms with van der Waals surface area (Å²) in [5, 5.41) is 31.8. The lowest BCUT2D eigenvalue weighted by molar-refractivity contribution is -0.120. The number of aliphatic hydroxyl groups is 2. The molecule has 0 saturated heterocycles. The molecule has 1 aliphatic rings. The highest BCUT2D eigenvalue weighted by Crippen LogP contribution is 2.34. The van der Waals surface area contributed by atoms with Crippen LogP contribution in [0, 0.1) is 0 Å². The Hall–Kier alpha value is -1.61. The molecule has 0 radical (unpaired) electrons. The molecule has 0 bridgehead atoms. The van der Waals surface area contributed by atoms with E-state index in [0.717, 1.165) is 15.6 Å². The minimum Gasteiger partial charge on any atom is -0.369 e. The van der Waals surface area contributed by atoms with Crippen molar-refractivity contribution in [3.63, 3.8) is 0 Å². The summed E-state index contributed by atoms with van der Waals surface area (Å²) in [6, 6.07) is 5.59. The molecular formula is C15H16BrN3O3S. The summed E-state index contributed by atoms with van der Waals surface area (Å²) in [6.45, 7) is 0.322. The van der Waals surface area contributed by atoms with Gasteiger partial charge >= 0.3 is 0 Å². The van der Waals surface area contributed by atoms with Gasteiger partial charge in [-0.15, -0.1) is 0 Å². The smallest absolute Gasteiger partial charge is 0.224 e. The quantitative estimate of drug-likeness (QED) is 0.542. The Morgan fingerprint density at radius 2 is 2.09 bits per heavy atom. The first-order valence-electron chi connectivity index (χ1n) is 7.02. The number of hydrogen-bond acceptors (Lipinski definition) is 6. The molecule has 8 heteroatoms. The first-order valence-corrected chi connectivity index (χ1v) is 8.76. The maximum absolute atomic E-state index is 12.0. The molecule has 2 unspecified atom stereocenters. The summed E-state index contributed by atoms with van der Waals surface area (Å²) >= 11 is 4.97. The highest BCUT2D eigenvalue weighted by atomic mass is 79.9. The third-order valence-electron chi connectivity index (χ3n) is 3.50. The summed E-state index contributed by atoms with van der Waals surface area (Å²) < 4.78 is 0.816. The lowest BCUT2D eigenvalue weighted by Crippen LogP contribution is -2.43. The van der Waals surface area contributed by atoms with Crippen molar-refractivity contribution in [2.24, 2.45) is 0 Å². The van der Waals surface area contributed by atoms with Gasteiger partial charge in [0, 0.05) is 11.0 Å². The number of anilines is 2. The second kappa shape index (κ2) is 6.88. The van der Waals surface area contributed by atoms with Gasteiger partial charge in [0.05, 0.1) is 17.8 Å². The highest BCUT2D eigenvalue weighted by Gasteiger charge is 2.25. The minimum absolute atomic E-state index is 0.0681. The van der Waals surface area contributed by atoms with Gasteiger partial charge in [-0.25, -0.2) is 0 Å². The van der Waals surface area contributed by atoms with Crippen LogP contribution in [0.15, 0.2) is 33.4 Å². The molecule has 1 aromatic carbocycles. The summed E-state index contributed by atoms with van der Waals surface area (Å²) in [4.78, 5) is 12.0. The number of hydrogen-bond donors (Lipinski definition) is 5. The van der Waals surface area contributed by atoms with Crippen LogP contribution < -0.4 is 16.0 Å². The molecule has 5 N–H and O–H groups in total. The van der Waals surface area contributed by atoms with Crippen molar-refractivity contribution in [3.8, 4) is 0 Å². The van der Waals surface area contributed by atoms with Crippen molar-refractivity contribution >= 4 is 44.5 Å². The molecule has 2 atom stereocenters. The predicted octanol–water partition coefficient (Wildman–Crippen LogP) is 1.84. The zero-order chi connectivity index (χ0) is 16.4. The van der Waals surface area contributed by atoms with Crippen molar-refractivity contribution in [2.45, 2.75) is 25.4 Å². The number of thiophene rings is 1. The Kier molecular flexibility index (Phi) is 4.86. The van der Waals surface area contributed by atoms with E-state index in [9.17, 15) is 15.0 Å². The second-order valence-electron chi connectivity index (χ2n) is 5.25. The zero-order valence-electron chi connectivity index (χ0n) is 12.0.